The van der Waals surface area contributed by atoms with E-state index >= 15 is 0 Å². The second kappa shape index (κ2) is 4.77. The first-order valence-electron chi connectivity index (χ1n) is 6.12. The standard InChI is InChI=1S/C14H21NO2/c1-9-4-10(2)12(11(3)5-9)6-15-7-13(16)14(17)8-15/h4-5,13-14,16-17H,6-8H2,1-3H3. The highest BCUT2D eigenvalue weighted by Gasteiger charge is 2.29. The van der Waals surface area contributed by atoms with E-state index in [0.29, 0.717) is 13.1 Å². The van der Waals surface area contributed by atoms with Crippen LogP contribution in [0.2, 0.25) is 0 Å². The van der Waals surface area contributed by atoms with Crippen LogP contribution in [0.1, 0.15) is 22.3 Å². The Hall–Kier alpha value is -0.900. The van der Waals surface area contributed by atoms with Crippen LogP contribution in [0.5, 0.6) is 0 Å². The van der Waals surface area contributed by atoms with Crippen LogP contribution >= 0.6 is 0 Å². The minimum Gasteiger partial charge on any atom is -0.389 e. The zero-order chi connectivity index (χ0) is 12.6. The van der Waals surface area contributed by atoms with Gasteiger partial charge in [-0.25, -0.2) is 0 Å². The van der Waals surface area contributed by atoms with Crippen molar-refractivity contribution in [3.05, 3.63) is 34.4 Å². The molecule has 0 bridgehead atoms. The molecule has 1 fully saturated rings. The maximum atomic E-state index is 9.54. The molecular weight excluding hydrogens is 214 g/mol. The third kappa shape index (κ3) is 2.68. The van der Waals surface area contributed by atoms with Crippen LogP contribution in [0.15, 0.2) is 12.1 Å². The Balaban J connectivity index is 2.14. The zero-order valence-electron chi connectivity index (χ0n) is 10.8. The second-order valence-corrected chi connectivity index (χ2v) is 5.21. The summed E-state index contributed by atoms with van der Waals surface area (Å²) in [5.74, 6) is 0. The van der Waals surface area contributed by atoms with E-state index in [1.54, 1.807) is 0 Å². The van der Waals surface area contributed by atoms with Crippen LogP contribution in [0.4, 0.5) is 0 Å². The molecule has 1 aromatic carbocycles. The molecule has 2 unspecified atom stereocenters. The fraction of sp³-hybridized carbons (Fsp3) is 0.571. The third-order valence-electron chi connectivity index (χ3n) is 3.56. The molecule has 0 radical (unpaired) electrons. The van der Waals surface area contributed by atoms with Gasteiger partial charge in [0.15, 0.2) is 0 Å². The van der Waals surface area contributed by atoms with Gasteiger partial charge in [-0.1, -0.05) is 17.7 Å². The minimum absolute atomic E-state index is 0.563. The van der Waals surface area contributed by atoms with Crippen molar-refractivity contribution in [2.75, 3.05) is 13.1 Å². The van der Waals surface area contributed by atoms with Gasteiger partial charge in [0, 0.05) is 19.6 Å². The normalized spacial score (nSPS) is 25.5. The molecule has 1 aliphatic rings. The Morgan fingerprint density at radius 3 is 2.00 bits per heavy atom. The van der Waals surface area contributed by atoms with Gasteiger partial charge in [0.05, 0.1) is 12.2 Å². The van der Waals surface area contributed by atoms with Crippen LogP contribution in [-0.4, -0.2) is 40.4 Å². The number of hydrogen-bond donors (Lipinski definition) is 2. The van der Waals surface area contributed by atoms with E-state index in [4.69, 9.17) is 0 Å². The minimum atomic E-state index is -0.596. The van der Waals surface area contributed by atoms with Gasteiger partial charge < -0.3 is 10.2 Å². The molecule has 2 atom stereocenters. The Bertz CT molecular complexity index is 384. The summed E-state index contributed by atoms with van der Waals surface area (Å²) in [7, 11) is 0. The zero-order valence-corrected chi connectivity index (χ0v) is 10.8. The molecule has 0 saturated carbocycles. The molecule has 0 aromatic heterocycles. The molecule has 94 valence electrons. The Morgan fingerprint density at radius 2 is 1.53 bits per heavy atom. The largest absolute Gasteiger partial charge is 0.389 e. The summed E-state index contributed by atoms with van der Waals surface area (Å²) in [6.07, 6.45) is -1.19. The highest BCUT2D eigenvalue weighted by Crippen LogP contribution is 2.21. The number of likely N-dealkylation sites (tertiary alicyclic amines) is 1. The first-order valence-corrected chi connectivity index (χ1v) is 6.12. The van der Waals surface area contributed by atoms with Gasteiger partial charge >= 0.3 is 0 Å². The smallest absolute Gasteiger partial charge is 0.0938 e. The summed E-state index contributed by atoms with van der Waals surface area (Å²) in [6.45, 7) is 8.29. The number of rotatable bonds is 2. The van der Waals surface area contributed by atoms with E-state index in [0.717, 1.165) is 6.54 Å². The van der Waals surface area contributed by atoms with Crippen molar-refractivity contribution in [1.29, 1.82) is 0 Å². The van der Waals surface area contributed by atoms with E-state index in [2.05, 4.69) is 37.8 Å². The first kappa shape index (κ1) is 12.6. The molecular formula is C14H21NO2. The molecule has 1 saturated heterocycles. The predicted octanol–water partition coefficient (Wildman–Crippen LogP) is 1.15. The van der Waals surface area contributed by atoms with Gasteiger partial charge in [-0.3, -0.25) is 4.90 Å². The van der Waals surface area contributed by atoms with Gasteiger partial charge in [0.25, 0.3) is 0 Å². The topological polar surface area (TPSA) is 43.7 Å². The SMILES string of the molecule is Cc1cc(C)c(CN2CC(O)C(O)C2)c(C)c1. The highest BCUT2D eigenvalue weighted by atomic mass is 16.3. The van der Waals surface area contributed by atoms with Crippen LogP contribution in [0, 0.1) is 20.8 Å². The summed E-state index contributed by atoms with van der Waals surface area (Å²) in [5.41, 5.74) is 5.18. The Morgan fingerprint density at radius 1 is 1.06 bits per heavy atom. The lowest BCUT2D eigenvalue weighted by molar-refractivity contribution is 0.0572. The van der Waals surface area contributed by atoms with Crippen LogP contribution < -0.4 is 0 Å². The highest BCUT2D eigenvalue weighted by molar-refractivity contribution is 5.37. The summed E-state index contributed by atoms with van der Waals surface area (Å²) < 4.78 is 0. The van der Waals surface area contributed by atoms with Crippen molar-refractivity contribution in [3.8, 4) is 0 Å². The summed E-state index contributed by atoms with van der Waals surface area (Å²) in [4.78, 5) is 2.11. The maximum absolute atomic E-state index is 9.54. The summed E-state index contributed by atoms with van der Waals surface area (Å²) in [5, 5.41) is 19.1. The van der Waals surface area contributed by atoms with Crippen LogP contribution in [0.3, 0.4) is 0 Å². The quantitative estimate of drug-likeness (QED) is 0.808. The van der Waals surface area contributed by atoms with E-state index in [1.807, 2.05) is 0 Å². The average Bonchev–Trinajstić information content (AvgIpc) is 2.52. The van der Waals surface area contributed by atoms with E-state index in [-0.39, 0.29) is 0 Å². The lowest BCUT2D eigenvalue weighted by atomic mass is 9.99. The fourth-order valence-corrected chi connectivity index (χ4v) is 2.66. The van der Waals surface area contributed by atoms with Crippen molar-refractivity contribution in [3.63, 3.8) is 0 Å². The number of hydrogen-bond acceptors (Lipinski definition) is 3. The van der Waals surface area contributed by atoms with Crippen molar-refractivity contribution < 1.29 is 10.2 Å². The Labute approximate surface area is 103 Å². The first-order chi connectivity index (χ1) is 7.97. The molecule has 2 rings (SSSR count). The van der Waals surface area contributed by atoms with Crippen molar-refractivity contribution >= 4 is 0 Å². The molecule has 3 heteroatoms. The average molecular weight is 235 g/mol. The number of β-amino-alcohol motifs (C(OH)–C–C–N with tert-alkyl or cyclic N) is 2. The molecule has 1 aliphatic heterocycles. The van der Waals surface area contributed by atoms with Crippen LogP contribution in [0.25, 0.3) is 0 Å². The lowest BCUT2D eigenvalue weighted by Gasteiger charge is -2.19. The fourth-order valence-electron chi connectivity index (χ4n) is 2.66. The maximum Gasteiger partial charge on any atom is 0.0938 e. The molecule has 3 nitrogen and oxygen atoms in total. The van der Waals surface area contributed by atoms with Crippen molar-refractivity contribution in [1.82, 2.24) is 4.90 Å². The van der Waals surface area contributed by atoms with Gasteiger partial charge in [-0.15, -0.1) is 0 Å². The van der Waals surface area contributed by atoms with Gasteiger partial charge in [-0.05, 0) is 37.5 Å². The van der Waals surface area contributed by atoms with Gasteiger partial charge in [-0.2, -0.15) is 0 Å². The number of nitrogens with zero attached hydrogens (tertiary/aromatic N) is 1. The third-order valence-corrected chi connectivity index (χ3v) is 3.56. The van der Waals surface area contributed by atoms with Crippen molar-refractivity contribution in [2.45, 2.75) is 39.5 Å². The summed E-state index contributed by atoms with van der Waals surface area (Å²) in [6, 6.07) is 4.37. The monoisotopic (exact) mass is 235 g/mol. The summed E-state index contributed by atoms with van der Waals surface area (Å²) >= 11 is 0. The van der Waals surface area contributed by atoms with E-state index in [9.17, 15) is 10.2 Å². The Kier molecular flexibility index (Phi) is 3.52. The second-order valence-electron chi connectivity index (χ2n) is 5.21. The van der Waals surface area contributed by atoms with Crippen molar-refractivity contribution in [2.24, 2.45) is 0 Å². The van der Waals surface area contributed by atoms with Gasteiger partial charge in [0.2, 0.25) is 0 Å². The number of aliphatic hydroxyl groups is 2. The predicted molar refractivity (Wildman–Crippen MR) is 67.9 cm³/mol. The number of benzene rings is 1. The molecule has 17 heavy (non-hydrogen) atoms. The number of aryl methyl sites for hydroxylation is 3. The van der Waals surface area contributed by atoms with E-state index in [1.165, 1.54) is 22.3 Å². The van der Waals surface area contributed by atoms with Crippen LogP contribution in [-0.2, 0) is 6.54 Å². The molecule has 1 aromatic rings. The van der Waals surface area contributed by atoms with Gasteiger partial charge in [0.1, 0.15) is 0 Å². The molecule has 2 N–H and O–H groups in total. The number of aliphatic hydroxyl groups excluding tert-OH is 2. The molecule has 0 amide bonds. The lowest BCUT2D eigenvalue weighted by Crippen LogP contribution is -2.22. The molecule has 0 aliphatic carbocycles. The molecule has 1 heterocycles. The van der Waals surface area contributed by atoms with E-state index < -0.39 is 12.2 Å². The molecule has 0 spiro atoms.